The molecule has 0 saturated carbocycles. The van der Waals surface area contributed by atoms with Crippen LogP contribution in [0.3, 0.4) is 0 Å². The number of rotatable bonds is 4. The molecule has 0 atom stereocenters. The van der Waals surface area contributed by atoms with E-state index in [9.17, 15) is 9.18 Å². The molecule has 0 spiro atoms. The van der Waals surface area contributed by atoms with Gasteiger partial charge in [0.15, 0.2) is 5.82 Å². The highest BCUT2D eigenvalue weighted by atomic mass is 19.1. The van der Waals surface area contributed by atoms with Crippen LogP contribution in [0.25, 0.3) is 0 Å². The molecule has 0 aliphatic heterocycles. The summed E-state index contributed by atoms with van der Waals surface area (Å²) in [5.41, 5.74) is 2.14. The molecule has 1 amide bonds. The highest BCUT2D eigenvalue weighted by molar-refractivity contribution is 6.03. The lowest BCUT2D eigenvalue weighted by Crippen LogP contribution is -2.13. The van der Waals surface area contributed by atoms with E-state index in [-0.39, 0.29) is 11.7 Å². The van der Waals surface area contributed by atoms with E-state index in [0.29, 0.717) is 23.5 Å². The largest absolute Gasteiger partial charge is 0.305 e. The van der Waals surface area contributed by atoms with Gasteiger partial charge < -0.3 is 5.32 Å². The molecule has 0 radical (unpaired) electrons. The molecule has 4 nitrogen and oxygen atoms in total. The molecule has 116 valence electrons. The number of nitrogens with one attached hydrogen (secondary N) is 1. The van der Waals surface area contributed by atoms with E-state index in [1.54, 1.807) is 41.2 Å². The van der Waals surface area contributed by atoms with Gasteiger partial charge in [-0.2, -0.15) is 5.10 Å². The van der Waals surface area contributed by atoms with Gasteiger partial charge in [0.05, 0.1) is 6.54 Å². The fourth-order valence-corrected chi connectivity index (χ4v) is 2.29. The van der Waals surface area contributed by atoms with Gasteiger partial charge in [-0.25, -0.2) is 4.39 Å². The van der Waals surface area contributed by atoms with Crippen LogP contribution in [0.5, 0.6) is 0 Å². The fourth-order valence-electron chi connectivity index (χ4n) is 2.29. The third-order valence-corrected chi connectivity index (χ3v) is 3.45. The van der Waals surface area contributed by atoms with Crippen LogP contribution in [0, 0.1) is 12.7 Å². The van der Waals surface area contributed by atoms with Crippen molar-refractivity contribution in [1.82, 2.24) is 9.78 Å². The Labute approximate surface area is 133 Å². The van der Waals surface area contributed by atoms with Crippen LogP contribution in [0.2, 0.25) is 0 Å². The number of halogens is 1. The van der Waals surface area contributed by atoms with Crippen molar-refractivity contribution in [3.8, 4) is 0 Å². The van der Waals surface area contributed by atoms with Crippen molar-refractivity contribution in [2.75, 3.05) is 5.32 Å². The average Bonchev–Trinajstić information content (AvgIpc) is 2.97. The van der Waals surface area contributed by atoms with E-state index in [1.165, 1.54) is 6.07 Å². The van der Waals surface area contributed by atoms with Gasteiger partial charge in [0.2, 0.25) is 0 Å². The highest BCUT2D eigenvalue weighted by Crippen LogP contribution is 2.11. The first-order chi connectivity index (χ1) is 11.1. The topological polar surface area (TPSA) is 46.9 Å². The van der Waals surface area contributed by atoms with Crippen LogP contribution in [-0.2, 0) is 6.54 Å². The van der Waals surface area contributed by atoms with Gasteiger partial charge >= 0.3 is 0 Å². The Balaban J connectivity index is 1.70. The molecule has 0 fully saturated rings. The van der Waals surface area contributed by atoms with Crippen molar-refractivity contribution in [3.63, 3.8) is 0 Å². The molecule has 1 aromatic heterocycles. The number of aryl methyl sites for hydroxylation is 1. The van der Waals surface area contributed by atoms with Gasteiger partial charge in [0, 0.05) is 23.4 Å². The number of anilines is 1. The zero-order chi connectivity index (χ0) is 16.2. The standard InChI is InChI=1S/C18H16FN3O/c1-13-5-4-7-14(11-13)18(23)20-17-9-10-22(21-17)12-15-6-2-3-8-16(15)19/h2-11H,12H2,1H3,(H,20,21,23). The Bertz CT molecular complexity index is 842. The Morgan fingerprint density at radius 2 is 2.00 bits per heavy atom. The summed E-state index contributed by atoms with van der Waals surface area (Å²) >= 11 is 0. The molecule has 2 aromatic carbocycles. The predicted octanol–water partition coefficient (Wildman–Crippen LogP) is 3.63. The summed E-state index contributed by atoms with van der Waals surface area (Å²) in [6.07, 6.45) is 1.71. The predicted molar refractivity (Wildman–Crippen MR) is 86.9 cm³/mol. The number of hydrogen-bond acceptors (Lipinski definition) is 2. The average molecular weight is 309 g/mol. The first-order valence-corrected chi connectivity index (χ1v) is 7.27. The molecule has 3 rings (SSSR count). The minimum absolute atomic E-state index is 0.218. The quantitative estimate of drug-likeness (QED) is 0.800. The van der Waals surface area contributed by atoms with Crippen LogP contribution >= 0.6 is 0 Å². The van der Waals surface area contributed by atoms with Crippen molar-refractivity contribution in [1.29, 1.82) is 0 Å². The molecule has 0 unspecified atom stereocenters. The zero-order valence-electron chi connectivity index (χ0n) is 12.7. The summed E-state index contributed by atoms with van der Waals surface area (Å²) in [7, 11) is 0. The summed E-state index contributed by atoms with van der Waals surface area (Å²) < 4.78 is 15.2. The van der Waals surface area contributed by atoms with Gasteiger partial charge in [-0.15, -0.1) is 0 Å². The number of benzene rings is 2. The fraction of sp³-hybridized carbons (Fsp3) is 0.111. The van der Waals surface area contributed by atoms with E-state index in [0.717, 1.165) is 5.56 Å². The monoisotopic (exact) mass is 309 g/mol. The minimum Gasteiger partial charge on any atom is -0.305 e. The van der Waals surface area contributed by atoms with Gasteiger partial charge in [-0.1, -0.05) is 35.9 Å². The number of aromatic nitrogens is 2. The van der Waals surface area contributed by atoms with Gasteiger partial charge in [0.1, 0.15) is 5.82 Å². The first-order valence-electron chi connectivity index (χ1n) is 7.27. The van der Waals surface area contributed by atoms with E-state index in [1.807, 2.05) is 25.1 Å². The molecule has 1 heterocycles. The lowest BCUT2D eigenvalue weighted by atomic mass is 10.1. The zero-order valence-corrected chi connectivity index (χ0v) is 12.7. The summed E-state index contributed by atoms with van der Waals surface area (Å²) in [6.45, 7) is 2.24. The van der Waals surface area contributed by atoms with E-state index in [2.05, 4.69) is 10.4 Å². The Morgan fingerprint density at radius 3 is 2.78 bits per heavy atom. The van der Waals surface area contributed by atoms with Gasteiger partial charge in [-0.3, -0.25) is 9.48 Å². The van der Waals surface area contributed by atoms with Crippen molar-refractivity contribution in [2.45, 2.75) is 13.5 Å². The molecule has 0 bridgehead atoms. The summed E-state index contributed by atoms with van der Waals surface area (Å²) in [5, 5.41) is 6.99. The molecule has 0 saturated heterocycles. The normalized spacial score (nSPS) is 10.5. The van der Waals surface area contributed by atoms with Crippen LogP contribution in [0.1, 0.15) is 21.5 Å². The van der Waals surface area contributed by atoms with Gasteiger partial charge in [0.25, 0.3) is 5.91 Å². The molecule has 5 heteroatoms. The van der Waals surface area contributed by atoms with E-state index < -0.39 is 0 Å². The third-order valence-electron chi connectivity index (χ3n) is 3.45. The maximum atomic E-state index is 13.6. The maximum absolute atomic E-state index is 13.6. The Hall–Kier alpha value is -2.95. The second kappa shape index (κ2) is 6.44. The van der Waals surface area contributed by atoms with Crippen LogP contribution in [-0.4, -0.2) is 15.7 Å². The number of hydrogen-bond donors (Lipinski definition) is 1. The maximum Gasteiger partial charge on any atom is 0.256 e. The van der Waals surface area contributed by atoms with Crippen LogP contribution in [0.4, 0.5) is 10.2 Å². The minimum atomic E-state index is -0.270. The van der Waals surface area contributed by atoms with Gasteiger partial charge in [-0.05, 0) is 25.1 Å². The Morgan fingerprint density at radius 1 is 1.17 bits per heavy atom. The lowest BCUT2D eigenvalue weighted by molar-refractivity contribution is 0.102. The lowest BCUT2D eigenvalue weighted by Gasteiger charge is -2.04. The number of carbonyl (C=O) groups is 1. The molecular weight excluding hydrogens is 293 g/mol. The summed E-state index contributed by atoms with van der Waals surface area (Å²) in [6, 6.07) is 15.6. The van der Waals surface area contributed by atoms with E-state index >= 15 is 0 Å². The highest BCUT2D eigenvalue weighted by Gasteiger charge is 2.09. The first kappa shape index (κ1) is 15.0. The van der Waals surface area contributed by atoms with Crippen molar-refractivity contribution in [2.24, 2.45) is 0 Å². The van der Waals surface area contributed by atoms with Crippen molar-refractivity contribution < 1.29 is 9.18 Å². The molecule has 1 N–H and O–H groups in total. The Kier molecular flexibility index (Phi) is 4.19. The molecule has 23 heavy (non-hydrogen) atoms. The molecule has 0 aliphatic rings. The SMILES string of the molecule is Cc1cccc(C(=O)Nc2ccn(Cc3ccccc3F)n2)c1. The summed E-state index contributed by atoms with van der Waals surface area (Å²) in [5.74, 6) is -0.0500. The number of amides is 1. The summed E-state index contributed by atoms with van der Waals surface area (Å²) in [4.78, 5) is 12.2. The van der Waals surface area contributed by atoms with Crippen molar-refractivity contribution in [3.05, 3.63) is 83.3 Å². The number of nitrogens with zero attached hydrogens (tertiary/aromatic N) is 2. The molecule has 0 aliphatic carbocycles. The second-order valence-electron chi connectivity index (χ2n) is 5.31. The van der Waals surface area contributed by atoms with Crippen LogP contribution in [0.15, 0.2) is 60.8 Å². The molecule has 3 aromatic rings. The smallest absolute Gasteiger partial charge is 0.256 e. The molecular formula is C18H16FN3O. The third kappa shape index (κ3) is 3.63. The number of carbonyl (C=O) groups excluding carboxylic acids is 1. The van der Waals surface area contributed by atoms with Crippen molar-refractivity contribution >= 4 is 11.7 Å². The van der Waals surface area contributed by atoms with E-state index in [4.69, 9.17) is 0 Å². The van der Waals surface area contributed by atoms with Crippen LogP contribution < -0.4 is 5.32 Å². The second-order valence-corrected chi connectivity index (χ2v) is 5.31.